The van der Waals surface area contributed by atoms with E-state index in [4.69, 9.17) is 5.73 Å². The molecule has 0 saturated carbocycles. The third kappa shape index (κ3) is 12.6. The van der Waals surface area contributed by atoms with Gasteiger partial charge in [-0.3, -0.25) is 0 Å². The number of unbranched alkanes of at least 4 members (excludes halogenated alkanes) is 4. The molecule has 5 N–H and O–H groups in total. The first-order valence-corrected chi connectivity index (χ1v) is 4.85. The first-order chi connectivity index (χ1) is 5.06. The fourth-order valence-corrected chi connectivity index (χ4v) is 1.18. The van der Waals surface area contributed by atoms with Crippen molar-refractivity contribution in [1.29, 1.82) is 0 Å². The summed E-state index contributed by atoms with van der Waals surface area (Å²) in [7, 11) is 0. The molecule has 0 aliphatic carbocycles. The Bertz CT molecular complexity index is 84.3. The van der Waals surface area contributed by atoms with Gasteiger partial charge in [0.2, 0.25) is 0 Å². The Hall–Kier alpha value is -0.0800. The van der Waals surface area contributed by atoms with Gasteiger partial charge in [0.15, 0.2) is 0 Å². The second kappa shape index (κ2) is 7.56. The molecule has 76 valence electrons. The van der Waals surface area contributed by atoms with E-state index in [1.54, 1.807) is 0 Å². The third-order valence-corrected chi connectivity index (χ3v) is 1.92. The van der Waals surface area contributed by atoms with E-state index in [1.807, 2.05) is 0 Å². The van der Waals surface area contributed by atoms with Crippen LogP contribution in [0.15, 0.2) is 0 Å². The van der Waals surface area contributed by atoms with Crippen molar-refractivity contribution < 1.29 is 0 Å². The highest BCUT2D eigenvalue weighted by molar-refractivity contribution is 4.70. The Morgan fingerprint density at radius 2 is 1.50 bits per heavy atom. The van der Waals surface area contributed by atoms with Crippen LogP contribution >= 0.6 is 0 Å². The molecule has 0 aromatic carbocycles. The van der Waals surface area contributed by atoms with Crippen LogP contribution in [0.4, 0.5) is 0 Å². The van der Waals surface area contributed by atoms with Gasteiger partial charge in [0, 0.05) is 5.54 Å². The molecule has 0 aromatic heterocycles. The number of nitrogens with two attached hydrogens (primary N) is 1. The molecule has 0 bridgehead atoms. The smallest absolute Gasteiger partial charge is 0.00970 e. The molecule has 0 saturated heterocycles. The van der Waals surface area contributed by atoms with Gasteiger partial charge in [0.1, 0.15) is 0 Å². The molecule has 0 aliphatic rings. The summed E-state index contributed by atoms with van der Waals surface area (Å²) in [4.78, 5) is 0. The maximum atomic E-state index is 5.85. The molecule has 0 aromatic rings. The molecular formula is C10H26N2. The summed E-state index contributed by atoms with van der Waals surface area (Å²) in [6, 6.07) is 0. The lowest BCUT2D eigenvalue weighted by Crippen LogP contribution is -2.31. The summed E-state index contributed by atoms with van der Waals surface area (Å²) >= 11 is 0. The van der Waals surface area contributed by atoms with Gasteiger partial charge in [-0.2, -0.15) is 0 Å². The first-order valence-electron chi connectivity index (χ1n) is 4.85. The van der Waals surface area contributed by atoms with Crippen LogP contribution in [-0.4, -0.2) is 5.54 Å². The third-order valence-electron chi connectivity index (χ3n) is 1.92. The Morgan fingerprint density at radius 3 is 1.92 bits per heavy atom. The molecule has 0 heterocycles. The number of hydrogen-bond donors (Lipinski definition) is 2. The molecule has 0 atom stereocenters. The lowest BCUT2D eigenvalue weighted by Gasteiger charge is -2.17. The predicted octanol–water partition coefficient (Wildman–Crippen LogP) is 3.25. The topological polar surface area (TPSA) is 61.0 Å². The van der Waals surface area contributed by atoms with Crippen molar-refractivity contribution in [3.05, 3.63) is 0 Å². The van der Waals surface area contributed by atoms with Gasteiger partial charge >= 0.3 is 0 Å². The van der Waals surface area contributed by atoms with Crippen LogP contribution in [-0.2, 0) is 0 Å². The Balaban J connectivity index is 0. The molecule has 0 aliphatic heterocycles. The number of hydrogen-bond acceptors (Lipinski definition) is 2. The van der Waals surface area contributed by atoms with Crippen LogP contribution in [0.5, 0.6) is 0 Å². The summed E-state index contributed by atoms with van der Waals surface area (Å²) in [5.74, 6) is 0. The highest BCUT2D eigenvalue weighted by Crippen LogP contribution is 2.11. The molecule has 0 spiro atoms. The zero-order chi connectivity index (χ0) is 8.74. The van der Waals surface area contributed by atoms with Crippen molar-refractivity contribution in [2.24, 2.45) is 5.73 Å². The van der Waals surface area contributed by atoms with Crippen LogP contribution in [0.3, 0.4) is 0 Å². The molecular weight excluding hydrogens is 148 g/mol. The SMILES string of the molecule is CCCCCCCC(C)(C)N.N. The van der Waals surface area contributed by atoms with Gasteiger partial charge in [-0.1, -0.05) is 39.0 Å². The highest BCUT2D eigenvalue weighted by atomic mass is 14.7. The van der Waals surface area contributed by atoms with Crippen molar-refractivity contribution in [3.63, 3.8) is 0 Å². The zero-order valence-corrected chi connectivity index (χ0v) is 9.03. The van der Waals surface area contributed by atoms with E-state index in [-0.39, 0.29) is 11.7 Å². The maximum absolute atomic E-state index is 5.85. The summed E-state index contributed by atoms with van der Waals surface area (Å²) in [6.07, 6.45) is 7.90. The summed E-state index contributed by atoms with van der Waals surface area (Å²) in [5, 5.41) is 0. The molecule has 0 unspecified atom stereocenters. The van der Waals surface area contributed by atoms with E-state index in [9.17, 15) is 0 Å². The monoisotopic (exact) mass is 174 g/mol. The molecule has 0 rings (SSSR count). The molecule has 0 fully saturated rings. The molecule has 2 heteroatoms. The standard InChI is InChI=1S/C10H23N.H3N/c1-4-5-6-7-8-9-10(2,3)11;/h4-9,11H2,1-3H3;1H3. The van der Waals surface area contributed by atoms with Crippen molar-refractivity contribution in [2.45, 2.75) is 64.8 Å². The quantitative estimate of drug-likeness (QED) is 0.607. The van der Waals surface area contributed by atoms with Crippen molar-refractivity contribution in [3.8, 4) is 0 Å². The second-order valence-electron chi connectivity index (χ2n) is 4.15. The maximum Gasteiger partial charge on any atom is 0.00970 e. The average Bonchev–Trinajstić information content (AvgIpc) is 1.85. The van der Waals surface area contributed by atoms with Gasteiger partial charge in [0.05, 0.1) is 0 Å². The molecule has 12 heavy (non-hydrogen) atoms. The zero-order valence-electron chi connectivity index (χ0n) is 9.03. The van der Waals surface area contributed by atoms with Crippen LogP contribution in [0, 0.1) is 0 Å². The van der Waals surface area contributed by atoms with E-state index < -0.39 is 0 Å². The first kappa shape index (κ1) is 14.4. The van der Waals surface area contributed by atoms with Crippen molar-refractivity contribution in [2.75, 3.05) is 0 Å². The molecule has 2 nitrogen and oxygen atoms in total. The summed E-state index contributed by atoms with van der Waals surface area (Å²) in [6.45, 7) is 6.45. The second-order valence-corrected chi connectivity index (χ2v) is 4.15. The van der Waals surface area contributed by atoms with Gasteiger partial charge in [0.25, 0.3) is 0 Å². The Morgan fingerprint density at radius 1 is 1.00 bits per heavy atom. The van der Waals surface area contributed by atoms with E-state index in [2.05, 4.69) is 20.8 Å². The van der Waals surface area contributed by atoms with Crippen LogP contribution in [0.2, 0.25) is 0 Å². The van der Waals surface area contributed by atoms with Gasteiger partial charge in [-0.15, -0.1) is 0 Å². The lowest BCUT2D eigenvalue weighted by atomic mass is 9.98. The van der Waals surface area contributed by atoms with E-state index in [0.717, 1.165) is 6.42 Å². The van der Waals surface area contributed by atoms with Gasteiger partial charge < -0.3 is 11.9 Å². The number of rotatable bonds is 6. The fourth-order valence-electron chi connectivity index (χ4n) is 1.18. The minimum absolute atomic E-state index is 0. The minimum atomic E-state index is 0. The largest absolute Gasteiger partial charge is 0.344 e. The van der Waals surface area contributed by atoms with Gasteiger partial charge in [-0.25, -0.2) is 0 Å². The van der Waals surface area contributed by atoms with Gasteiger partial charge in [-0.05, 0) is 20.3 Å². The highest BCUT2D eigenvalue weighted by Gasteiger charge is 2.08. The summed E-state index contributed by atoms with van der Waals surface area (Å²) < 4.78 is 0. The van der Waals surface area contributed by atoms with Crippen molar-refractivity contribution >= 4 is 0 Å². The van der Waals surface area contributed by atoms with E-state index in [1.165, 1.54) is 32.1 Å². The molecule has 0 radical (unpaired) electrons. The fraction of sp³-hybridized carbons (Fsp3) is 1.00. The Kier molecular flexibility index (Phi) is 9.10. The average molecular weight is 174 g/mol. The van der Waals surface area contributed by atoms with Crippen LogP contribution < -0.4 is 11.9 Å². The molecule has 0 amide bonds. The summed E-state index contributed by atoms with van der Waals surface area (Å²) in [5.41, 5.74) is 5.90. The predicted molar refractivity (Wildman–Crippen MR) is 56.7 cm³/mol. The van der Waals surface area contributed by atoms with E-state index in [0.29, 0.717) is 0 Å². The van der Waals surface area contributed by atoms with Crippen molar-refractivity contribution in [1.82, 2.24) is 6.15 Å². The van der Waals surface area contributed by atoms with Crippen LogP contribution in [0.25, 0.3) is 0 Å². The minimum Gasteiger partial charge on any atom is -0.344 e. The normalized spacial score (nSPS) is 11.0. The Labute approximate surface area is 77.5 Å². The van der Waals surface area contributed by atoms with Crippen LogP contribution in [0.1, 0.15) is 59.3 Å². The van der Waals surface area contributed by atoms with E-state index >= 15 is 0 Å². The lowest BCUT2D eigenvalue weighted by molar-refractivity contribution is 0.443.